The van der Waals surface area contributed by atoms with E-state index in [4.69, 9.17) is 4.74 Å². The third kappa shape index (κ3) is 0.953. The second-order valence-electron chi connectivity index (χ2n) is 4.89. The highest BCUT2D eigenvalue weighted by molar-refractivity contribution is 5.03. The number of rotatable bonds is 2. The zero-order valence-corrected chi connectivity index (χ0v) is 8.47. The molecular weight excluding hydrogens is 148 g/mol. The number of fused-ring (bicyclic) bond motifs is 2. The predicted molar refractivity (Wildman–Crippen MR) is 50.0 cm³/mol. The van der Waals surface area contributed by atoms with Crippen LogP contribution in [0.2, 0.25) is 0 Å². The van der Waals surface area contributed by atoms with Crippen LogP contribution < -0.4 is 0 Å². The Balaban J connectivity index is 2.19. The molecule has 0 amide bonds. The summed E-state index contributed by atoms with van der Waals surface area (Å²) in [6.45, 7) is 4.62. The van der Waals surface area contributed by atoms with E-state index in [1.165, 1.54) is 25.7 Å². The van der Waals surface area contributed by atoms with Gasteiger partial charge in [0.25, 0.3) is 0 Å². The topological polar surface area (TPSA) is 9.23 Å². The Hall–Kier alpha value is -0.0400. The standard InChI is InChI=1S/C11H20O/c1-8(2)11(12-3)7-9-4-5-10(11)6-9/h8-10H,4-7H2,1-3H3. The SMILES string of the molecule is COC1(C(C)C)CC2CCC1C2. The normalized spacial score (nSPS) is 46.0. The average Bonchev–Trinajstić information content (AvgIpc) is 2.62. The molecule has 3 atom stereocenters. The van der Waals surface area contributed by atoms with Crippen molar-refractivity contribution in [3.05, 3.63) is 0 Å². The Bertz CT molecular complexity index is 176. The summed E-state index contributed by atoms with van der Waals surface area (Å²) in [6.07, 6.45) is 5.64. The molecule has 12 heavy (non-hydrogen) atoms. The summed E-state index contributed by atoms with van der Waals surface area (Å²) >= 11 is 0. The van der Waals surface area contributed by atoms with E-state index in [1.807, 2.05) is 7.11 Å². The van der Waals surface area contributed by atoms with Crippen molar-refractivity contribution in [3.8, 4) is 0 Å². The molecule has 0 saturated heterocycles. The average molecular weight is 168 g/mol. The van der Waals surface area contributed by atoms with E-state index in [9.17, 15) is 0 Å². The molecule has 2 bridgehead atoms. The van der Waals surface area contributed by atoms with Crippen molar-refractivity contribution in [2.24, 2.45) is 17.8 Å². The largest absolute Gasteiger partial charge is 0.378 e. The lowest BCUT2D eigenvalue weighted by Gasteiger charge is -2.40. The predicted octanol–water partition coefficient (Wildman–Crippen LogP) is 2.85. The van der Waals surface area contributed by atoms with E-state index in [2.05, 4.69) is 13.8 Å². The fraction of sp³-hybridized carbons (Fsp3) is 1.00. The maximum absolute atomic E-state index is 5.79. The van der Waals surface area contributed by atoms with Gasteiger partial charge < -0.3 is 4.74 Å². The van der Waals surface area contributed by atoms with Crippen molar-refractivity contribution in [3.63, 3.8) is 0 Å². The van der Waals surface area contributed by atoms with E-state index in [1.54, 1.807) is 0 Å². The van der Waals surface area contributed by atoms with Gasteiger partial charge in [-0.05, 0) is 43.4 Å². The molecule has 1 nitrogen and oxygen atoms in total. The summed E-state index contributed by atoms with van der Waals surface area (Å²) in [5.41, 5.74) is 0.253. The van der Waals surface area contributed by atoms with Crippen LogP contribution in [0.4, 0.5) is 0 Å². The summed E-state index contributed by atoms with van der Waals surface area (Å²) in [4.78, 5) is 0. The zero-order chi connectivity index (χ0) is 8.77. The maximum atomic E-state index is 5.79. The van der Waals surface area contributed by atoms with Crippen LogP contribution >= 0.6 is 0 Å². The van der Waals surface area contributed by atoms with E-state index < -0.39 is 0 Å². The van der Waals surface area contributed by atoms with Crippen LogP contribution in [0.1, 0.15) is 39.5 Å². The van der Waals surface area contributed by atoms with Crippen LogP contribution in [0.3, 0.4) is 0 Å². The molecule has 2 aliphatic rings. The number of hydrogen-bond donors (Lipinski definition) is 0. The van der Waals surface area contributed by atoms with Gasteiger partial charge in [-0.15, -0.1) is 0 Å². The quantitative estimate of drug-likeness (QED) is 0.616. The minimum atomic E-state index is 0.253. The first-order valence-corrected chi connectivity index (χ1v) is 5.24. The fourth-order valence-corrected chi connectivity index (χ4v) is 3.51. The van der Waals surface area contributed by atoms with Gasteiger partial charge in [0.15, 0.2) is 0 Å². The van der Waals surface area contributed by atoms with Crippen LogP contribution in [-0.4, -0.2) is 12.7 Å². The van der Waals surface area contributed by atoms with Crippen molar-refractivity contribution < 1.29 is 4.74 Å². The lowest BCUT2D eigenvalue weighted by atomic mass is 9.76. The molecule has 70 valence electrons. The summed E-state index contributed by atoms with van der Waals surface area (Å²) < 4.78 is 5.79. The van der Waals surface area contributed by atoms with E-state index in [0.29, 0.717) is 5.92 Å². The van der Waals surface area contributed by atoms with Gasteiger partial charge in [-0.1, -0.05) is 13.8 Å². The maximum Gasteiger partial charge on any atom is 0.0732 e. The molecule has 0 aromatic rings. The summed E-state index contributed by atoms with van der Waals surface area (Å²) in [7, 11) is 1.90. The third-order valence-electron chi connectivity index (χ3n) is 4.20. The highest BCUT2D eigenvalue weighted by Gasteiger charge is 2.52. The van der Waals surface area contributed by atoms with Crippen LogP contribution in [0.25, 0.3) is 0 Å². The third-order valence-corrected chi connectivity index (χ3v) is 4.20. The Morgan fingerprint density at radius 3 is 2.33 bits per heavy atom. The Morgan fingerprint density at radius 1 is 1.33 bits per heavy atom. The first kappa shape index (κ1) is 8.55. The van der Waals surface area contributed by atoms with Crippen molar-refractivity contribution in [2.45, 2.75) is 45.1 Å². The molecule has 2 rings (SSSR count). The highest BCUT2D eigenvalue weighted by Crippen LogP contribution is 2.55. The molecule has 0 radical (unpaired) electrons. The van der Waals surface area contributed by atoms with Crippen molar-refractivity contribution >= 4 is 0 Å². The zero-order valence-electron chi connectivity index (χ0n) is 8.47. The van der Waals surface area contributed by atoms with Gasteiger partial charge in [-0.25, -0.2) is 0 Å². The van der Waals surface area contributed by atoms with Crippen LogP contribution in [-0.2, 0) is 4.74 Å². The second-order valence-corrected chi connectivity index (χ2v) is 4.89. The fourth-order valence-electron chi connectivity index (χ4n) is 3.51. The monoisotopic (exact) mass is 168 g/mol. The molecule has 2 fully saturated rings. The lowest BCUT2D eigenvalue weighted by molar-refractivity contribution is -0.0881. The van der Waals surface area contributed by atoms with Crippen LogP contribution in [0.15, 0.2) is 0 Å². The summed E-state index contributed by atoms with van der Waals surface area (Å²) in [6, 6.07) is 0. The first-order valence-electron chi connectivity index (χ1n) is 5.24. The molecular formula is C11H20O. The molecule has 0 aromatic heterocycles. The molecule has 0 spiro atoms. The van der Waals surface area contributed by atoms with Gasteiger partial charge in [0.1, 0.15) is 0 Å². The molecule has 2 aliphatic carbocycles. The van der Waals surface area contributed by atoms with Gasteiger partial charge in [-0.2, -0.15) is 0 Å². The molecule has 3 unspecified atom stereocenters. The Kier molecular flexibility index (Phi) is 1.95. The molecule has 2 saturated carbocycles. The van der Waals surface area contributed by atoms with Crippen molar-refractivity contribution in [2.75, 3.05) is 7.11 Å². The number of methoxy groups -OCH3 is 1. The Labute approximate surface area is 75.5 Å². The van der Waals surface area contributed by atoms with E-state index in [-0.39, 0.29) is 5.60 Å². The van der Waals surface area contributed by atoms with E-state index >= 15 is 0 Å². The number of hydrogen-bond acceptors (Lipinski definition) is 1. The minimum Gasteiger partial charge on any atom is -0.378 e. The second kappa shape index (κ2) is 2.73. The van der Waals surface area contributed by atoms with E-state index in [0.717, 1.165) is 11.8 Å². The van der Waals surface area contributed by atoms with Crippen LogP contribution in [0.5, 0.6) is 0 Å². The number of ether oxygens (including phenoxy) is 1. The molecule has 0 N–H and O–H groups in total. The van der Waals surface area contributed by atoms with Crippen molar-refractivity contribution in [1.29, 1.82) is 0 Å². The van der Waals surface area contributed by atoms with Gasteiger partial charge in [0.2, 0.25) is 0 Å². The van der Waals surface area contributed by atoms with Gasteiger partial charge >= 0.3 is 0 Å². The molecule has 0 aromatic carbocycles. The highest BCUT2D eigenvalue weighted by atomic mass is 16.5. The smallest absolute Gasteiger partial charge is 0.0732 e. The Morgan fingerprint density at radius 2 is 2.08 bits per heavy atom. The molecule has 0 aliphatic heterocycles. The molecule has 1 heteroatoms. The van der Waals surface area contributed by atoms with Crippen LogP contribution in [0, 0.1) is 17.8 Å². The summed E-state index contributed by atoms with van der Waals surface area (Å²) in [5.74, 6) is 2.54. The minimum absolute atomic E-state index is 0.253. The van der Waals surface area contributed by atoms with Crippen molar-refractivity contribution in [1.82, 2.24) is 0 Å². The van der Waals surface area contributed by atoms with Gasteiger partial charge in [0, 0.05) is 7.11 Å². The molecule has 0 heterocycles. The first-order chi connectivity index (χ1) is 5.69. The van der Waals surface area contributed by atoms with Gasteiger partial charge in [0.05, 0.1) is 5.60 Å². The van der Waals surface area contributed by atoms with Gasteiger partial charge in [-0.3, -0.25) is 0 Å². The summed E-state index contributed by atoms with van der Waals surface area (Å²) in [5, 5.41) is 0. The lowest BCUT2D eigenvalue weighted by Crippen LogP contribution is -2.42.